The van der Waals surface area contributed by atoms with Crippen LogP contribution >= 0.6 is 11.6 Å². The van der Waals surface area contributed by atoms with Gasteiger partial charge < -0.3 is 9.47 Å². The lowest BCUT2D eigenvalue weighted by Gasteiger charge is -2.21. The van der Waals surface area contributed by atoms with Gasteiger partial charge in [0.25, 0.3) is 0 Å². The molecule has 0 fully saturated rings. The van der Waals surface area contributed by atoms with E-state index < -0.39 is 11.6 Å². The zero-order valence-corrected chi connectivity index (χ0v) is 18.6. The molecule has 160 valence electrons. The number of rotatable bonds is 6. The van der Waals surface area contributed by atoms with E-state index in [0.29, 0.717) is 10.7 Å². The van der Waals surface area contributed by atoms with Crippen molar-refractivity contribution < 1.29 is 14.3 Å². The molecule has 4 aromatic rings. The zero-order chi connectivity index (χ0) is 22.2. The van der Waals surface area contributed by atoms with Crippen molar-refractivity contribution in [2.24, 2.45) is 7.05 Å². The van der Waals surface area contributed by atoms with Crippen LogP contribution in [0.25, 0.3) is 27.8 Å². The maximum atomic E-state index is 11.9. The van der Waals surface area contributed by atoms with E-state index in [9.17, 15) is 4.79 Å². The van der Waals surface area contributed by atoms with Crippen LogP contribution in [0, 0.1) is 0 Å². The fraction of sp³-hybridized carbons (Fsp3) is 0.261. The van der Waals surface area contributed by atoms with Gasteiger partial charge in [0.15, 0.2) is 5.60 Å². The molecule has 2 aromatic carbocycles. The number of carbonyl (C=O) groups excluding carboxylic acids is 1. The Morgan fingerprint density at radius 1 is 1.16 bits per heavy atom. The molecule has 2 heterocycles. The second-order valence-electron chi connectivity index (χ2n) is 7.72. The number of para-hydroxylation sites is 1. The lowest BCUT2D eigenvalue weighted by atomic mass is 10.1. The lowest BCUT2D eigenvalue weighted by Crippen LogP contribution is -2.35. The average molecular weight is 439 g/mol. The molecule has 0 atom stereocenters. The van der Waals surface area contributed by atoms with Gasteiger partial charge in [0.05, 0.1) is 47.5 Å². The molecule has 0 bridgehead atoms. The normalized spacial score (nSPS) is 11.8. The van der Waals surface area contributed by atoms with Crippen molar-refractivity contribution in [2.45, 2.75) is 26.1 Å². The van der Waals surface area contributed by atoms with Gasteiger partial charge in [-0.3, -0.25) is 4.68 Å². The number of ether oxygens (including phenoxy) is 2. The number of halogens is 1. The number of hydrogen-bond acceptors (Lipinski definition) is 5. The number of nitrogens with zero attached hydrogens (tertiary/aromatic N) is 4. The van der Waals surface area contributed by atoms with Crippen LogP contribution in [0.3, 0.4) is 0 Å². The number of benzene rings is 2. The first kappa shape index (κ1) is 21.1. The predicted molar refractivity (Wildman–Crippen MR) is 119 cm³/mol. The first-order valence-electron chi connectivity index (χ1n) is 9.78. The third-order valence-corrected chi connectivity index (χ3v) is 5.46. The van der Waals surface area contributed by atoms with E-state index in [1.807, 2.05) is 60.4 Å². The first-order valence-corrected chi connectivity index (χ1v) is 10.2. The molecular formula is C23H23ClN4O3. The van der Waals surface area contributed by atoms with Crippen LogP contribution in [-0.4, -0.2) is 38.2 Å². The maximum Gasteiger partial charge on any atom is 0.337 e. The van der Waals surface area contributed by atoms with Crippen LogP contribution in [0.5, 0.6) is 0 Å². The maximum absolute atomic E-state index is 11.9. The van der Waals surface area contributed by atoms with Crippen molar-refractivity contribution in [3.8, 4) is 16.9 Å². The van der Waals surface area contributed by atoms with E-state index in [4.69, 9.17) is 26.2 Å². The Balaban J connectivity index is 1.78. The number of hydrogen-bond donors (Lipinski definition) is 0. The van der Waals surface area contributed by atoms with Gasteiger partial charge in [-0.2, -0.15) is 10.2 Å². The Morgan fingerprint density at radius 3 is 2.68 bits per heavy atom. The Kier molecular flexibility index (Phi) is 5.56. The summed E-state index contributed by atoms with van der Waals surface area (Å²) in [4.78, 5) is 11.9. The van der Waals surface area contributed by atoms with Crippen LogP contribution in [0.2, 0.25) is 5.02 Å². The molecule has 0 saturated carbocycles. The number of aromatic nitrogens is 4. The van der Waals surface area contributed by atoms with Crippen LogP contribution in [0.1, 0.15) is 19.5 Å². The van der Waals surface area contributed by atoms with Gasteiger partial charge in [-0.25, -0.2) is 9.48 Å². The Labute approximate surface area is 185 Å². The van der Waals surface area contributed by atoms with Gasteiger partial charge in [-0.1, -0.05) is 35.9 Å². The summed E-state index contributed by atoms with van der Waals surface area (Å²) in [5.41, 5.74) is 3.15. The summed E-state index contributed by atoms with van der Waals surface area (Å²) in [5.74, 6) is -0.445. The molecule has 0 saturated heterocycles. The van der Waals surface area contributed by atoms with E-state index in [0.717, 1.165) is 27.8 Å². The molecule has 0 aliphatic heterocycles. The van der Waals surface area contributed by atoms with Gasteiger partial charge in [0.1, 0.15) is 0 Å². The molecule has 2 aromatic heterocycles. The Bertz CT molecular complexity index is 1260. The largest absolute Gasteiger partial charge is 0.467 e. The van der Waals surface area contributed by atoms with Crippen molar-refractivity contribution in [3.63, 3.8) is 0 Å². The molecule has 8 heteroatoms. The Morgan fingerprint density at radius 2 is 1.94 bits per heavy atom. The van der Waals surface area contributed by atoms with Crippen molar-refractivity contribution in [3.05, 3.63) is 65.4 Å². The van der Waals surface area contributed by atoms with Gasteiger partial charge in [-0.15, -0.1) is 0 Å². The van der Waals surface area contributed by atoms with Gasteiger partial charge >= 0.3 is 5.97 Å². The lowest BCUT2D eigenvalue weighted by molar-refractivity contribution is -0.166. The summed E-state index contributed by atoms with van der Waals surface area (Å²) in [5, 5.41) is 10.7. The monoisotopic (exact) mass is 438 g/mol. The van der Waals surface area contributed by atoms with Crippen LogP contribution in [0.4, 0.5) is 0 Å². The molecule has 31 heavy (non-hydrogen) atoms. The highest BCUT2D eigenvalue weighted by molar-refractivity contribution is 6.32. The fourth-order valence-electron chi connectivity index (χ4n) is 3.38. The van der Waals surface area contributed by atoms with E-state index in [1.165, 1.54) is 7.11 Å². The van der Waals surface area contributed by atoms with Crippen molar-refractivity contribution >= 4 is 28.5 Å². The van der Waals surface area contributed by atoms with E-state index in [-0.39, 0.29) is 6.61 Å². The molecule has 0 amide bonds. The van der Waals surface area contributed by atoms with E-state index in [2.05, 4.69) is 11.2 Å². The average Bonchev–Trinajstić information content (AvgIpc) is 3.35. The van der Waals surface area contributed by atoms with E-state index >= 15 is 0 Å². The summed E-state index contributed by atoms with van der Waals surface area (Å²) in [6.07, 6.45) is 1.83. The predicted octanol–water partition coefficient (Wildman–Crippen LogP) is 4.55. The quantitative estimate of drug-likeness (QED) is 0.413. The molecule has 0 spiro atoms. The molecule has 4 rings (SSSR count). The summed E-state index contributed by atoms with van der Waals surface area (Å²) in [6.45, 7) is 3.47. The zero-order valence-electron chi connectivity index (χ0n) is 17.8. The van der Waals surface area contributed by atoms with Crippen molar-refractivity contribution in [1.82, 2.24) is 19.6 Å². The third-order valence-electron chi connectivity index (χ3n) is 5.14. The van der Waals surface area contributed by atoms with Gasteiger partial charge in [-0.05, 0) is 38.1 Å². The minimum absolute atomic E-state index is 0.139. The minimum Gasteiger partial charge on any atom is -0.467 e. The minimum atomic E-state index is -1.09. The molecule has 0 radical (unpaired) electrons. The summed E-state index contributed by atoms with van der Waals surface area (Å²) in [7, 11) is 3.25. The molecule has 7 nitrogen and oxygen atoms in total. The number of fused-ring (bicyclic) bond motifs is 1. The number of esters is 1. The van der Waals surface area contributed by atoms with Crippen molar-refractivity contribution in [1.29, 1.82) is 0 Å². The molecule has 0 N–H and O–H groups in total. The first-order chi connectivity index (χ1) is 14.8. The molecule has 0 unspecified atom stereocenters. The standard InChI is InChI=1S/C23H23ClN4O3/c1-23(2,22(29)30-4)31-14-17-12-21(28(26-17)19-8-6-5-7-18(19)24)15-9-10-16-13-25-27(3)20(16)11-15/h5-13H,14H2,1-4H3. The van der Waals surface area contributed by atoms with Crippen LogP contribution in [0.15, 0.2) is 54.7 Å². The van der Waals surface area contributed by atoms with E-state index in [1.54, 1.807) is 18.5 Å². The number of carbonyl (C=O) groups is 1. The smallest absolute Gasteiger partial charge is 0.337 e. The summed E-state index contributed by atoms with van der Waals surface area (Å²) in [6, 6.07) is 15.6. The van der Waals surface area contributed by atoms with Gasteiger partial charge in [0, 0.05) is 18.0 Å². The SMILES string of the molecule is COC(=O)C(C)(C)OCc1cc(-c2ccc3cnn(C)c3c2)n(-c2ccccc2Cl)n1. The molecule has 0 aliphatic carbocycles. The van der Waals surface area contributed by atoms with Crippen molar-refractivity contribution in [2.75, 3.05) is 7.11 Å². The van der Waals surface area contributed by atoms with Crippen LogP contribution in [-0.2, 0) is 27.9 Å². The summed E-state index contributed by atoms with van der Waals surface area (Å²) >= 11 is 6.47. The highest BCUT2D eigenvalue weighted by atomic mass is 35.5. The van der Waals surface area contributed by atoms with Crippen LogP contribution < -0.4 is 0 Å². The highest BCUT2D eigenvalue weighted by Crippen LogP contribution is 2.30. The molecule has 0 aliphatic rings. The summed E-state index contributed by atoms with van der Waals surface area (Å²) < 4.78 is 14.3. The fourth-order valence-corrected chi connectivity index (χ4v) is 3.59. The second kappa shape index (κ2) is 8.17. The topological polar surface area (TPSA) is 71.2 Å². The number of methoxy groups -OCH3 is 1. The third kappa shape index (κ3) is 4.06. The highest BCUT2D eigenvalue weighted by Gasteiger charge is 2.30. The van der Waals surface area contributed by atoms with Gasteiger partial charge in [0.2, 0.25) is 0 Å². The number of aryl methyl sites for hydroxylation is 1. The Hall–Kier alpha value is -3.16. The second-order valence-corrected chi connectivity index (χ2v) is 8.12. The molecular weight excluding hydrogens is 416 g/mol.